The van der Waals surface area contributed by atoms with Gasteiger partial charge in [-0.15, -0.1) is 0 Å². The van der Waals surface area contributed by atoms with E-state index in [1.54, 1.807) is 54.0 Å². The van der Waals surface area contributed by atoms with E-state index < -0.39 is 0 Å². The van der Waals surface area contributed by atoms with Gasteiger partial charge in [0.1, 0.15) is 28.4 Å². The average molecular weight is 536 g/mol. The molecular weight excluding hydrogens is 526 g/mol. The van der Waals surface area contributed by atoms with E-state index in [0.717, 1.165) is 0 Å². The second-order valence-electron chi connectivity index (χ2n) is 4.73. The number of phenols is 2. The summed E-state index contributed by atoms with van der Waals surface area (Å²) in [6.45, 7) is 0. The summed E-state index contributed by atoms with van der Waals surface area (Å²) in [5.41, 5.74) is 0.489. The highest BCUT2D eigenvalue weighted by Crippen LogP contribution is 2.40. The number of methoxy groups -OCH3 is 1. The van der Waals surface area contributed by atoms with Gasteiger partial charge in [0, 0.05) is 11.6 Å². The maximum atomic E-state index is 12.4. The minimum Gasteiger partial charge on any atom is -0.506 e. The van der Waals surface area contributed by atoms with Gasteiger partial charge in [-0.05, 0) is 69.4 Å². The van der Waals surface area contributed by atoms with Crippen LogP contribution >= 0.6 is 45.2 Å². The fraction of sp³-hybridized carbons (Fsp3) is 0.0625. The molecular formula is C16H10I2O5. The van der Waals surface area contributed by atoms with Crippen LogP contribution in [0.2, 0.25) is 0 Å². The molecule has 1 heterocycles. The molecule has 7 heteroatoms. The summed E-state index contributed by atoms with van der Waals surface area (Å²) in [5.74, 6) is 0.666. The summed E-state index contributed by atoms with van der Waals surface area (Å²) < 4.78 is 11.5. The molecule has 5 nitrogen and oxygen atoms in total. The van der Waals surface area contributed by atoms with E-state index >= 15 is 0 Å². The van der Waals surface area contributed by atoms with Gasteiger partial charge in [-0.3, -0.25) is 4.79 Å². The van der Waals surface area contributed by atoms with E-state index in [2.05, 4.69) is 0 Å². The van der Waals surface area contributed by atoms with Crippen molar-refractivity contribution in [3.05, 3.63) is 47.7 Å². The molecule has 0 aliphatic carbocycles. The van der Waals surface area contributed by atoms with Gasteiger partial charge in [0.15, 0.2) is 11.0 Å². The minimum absolute atomic E-state index is 0.0638. The van der Waals surface area contributed by atoms with Gasteiger partial charge in [0.2, 0.25) is 0 Å². The fourth-order valence-electron chi connectivity index (χ4n) is 2.20. The molecule has 0 saturated carbocycles. The van der Waals surface area contributed by atoms with Gasteiger partial charge in [0.05, 0.1) is 14.3 Å². The van der Waals surface area contributed by atoms with Crippen LogP contribution in [0.5, 0.6) is 17.2 Å². The third-order valence-corrected chi connectivity index (χ3v) is 5.40. The summed E-state index contributed by atoms with van der Waals surface area (Å²) in [6.07, 6.45) is 0. The van der Waals surface area contributed by atoms with Crippen LogP contribution in [0.4, 0.5) is 0 Å². The Morgan fingerprint density at radius 1 is 1.04 bits per heavy atom. The molecule has 2 aromatic carbocycles. The predicted molar refractivity (Wildman–Crippen MR) is 103 cm³/mol. The molecule has 0 atom stereocenters. The van der Waals surface area contributed by atoms with Crippen LogP contribution in [0.3, 0.4) is 0 Å². The second kappa shape index (κ2) is 6.19. The van der Waals surface area contributed by atoms with Crippen molar-refractivity contribution in [2.24, 2.45) is 0 Å². The smallest absolute Gasteiger partial charge is 0.197 e. The van der Waals surface area contributed by atoms with Gasteiger partial charge in [0.25, 0.3) is 0 Å². The maximum absolute atomic E-state index is 12.4. The lowest BCUT2D eigenvalue weighted by Gasteiger charge is -2.10. The quantitative estimate of drug-likeness (QED) is 0.483. The molecule has 1 aromatic heterocycles. The fourth-order valence-corrected chi connectivity index (χ4v) is 3.90. The molecule has 3 rings (SSSR count). The number of phenolic OH excluding ortho intramolecular Hbond substituents is 2. The van der Waals surface area contributed by atoms with E-state index in [1.165, 1.54) is 6.07 Å². The number of hydrogen-bond acceptors (Lipinski definition) is 5. The molecule has 0 saturated heterocycles. The first kappa shape index (κ1) is 16.4. The highest BCUT2D eigenvalue weighted by atomic mass is 127. The molecule has 0 amide bonds. The summed E-state index contributed by atoms with van der Waals surface area (Å²) in [4.78, 5) is 12.4. The van der Waals surface area contributed by atoms with E-state index in [1.807, 2.05) is 22.6 Å². The average Bonchev–Trinajstić information content (AvgIpc) is 2.57. The topological polar surface area (TPSA) is 79.9 Å². The Balaban J connectivity index is 2.31. The summed E-state index contributed by atoms with van der Waals surface area (Å²) >= 11 is 3.68. The number of fused-ring (bicyclic) bond motifs is 1. The Kier molecular flexibility index (Phi) is 4.41. The Morgan fingerprint density at radius 2 is 1.70 bits per heavy atom. The van der Waals surface area contributed by atoms with Crippen LogP contribution in [-0.4, -0.2) is 17.3 Å². The van der Waals surface area contributed by atoms with Crippen LogP contribution in [0, 0.1) is 7.14 Å². The van der Waals surface area contributed by atoms with Gasteiger partial charge in [-0.1, -0.05) is 0 Å². The Morgan fingerprint density at radius 3 is 2.30 bits per heavy atom. The number of benzene rings is 2. The van der Waals surface area contributed by atoms with E-state index in [9.17, 15) is 15.0 Å². The minimum atomic E-state index is -0.370. The van der Waals surface area contributed by atoms with Crippen molar-refractivity contribution in [1.29, 1.82) is 0 Å². The van der Waals surface area contributed by atoms with Gasteiger partial charge >= 0.3 is 0 Å². The number of hydrogen-bond donors (Lipinski definition) is 2. The van der Waals surface area contributed by atoms with Crippen LogP contribution < -0.4 is 10.2 Å². The van der Waals surface area contributed by atoms with E-state index in [-0.39, 0.29) is 31.5 Å². The van der Waals surface area contributed by atoms with Crippen molar-refractivity contribution < 1.29 is 19.4 Å². The molecule has 0 radical (unpaired) electrons. The lowest BCUT2D eigenvalue weighted by Crippen LogP contribution is -2.03. The molecule has 0 bridgehead atoms. The number of ether oxygens (including phenoxy) is 1. The highest BCUT2D eigenvalue weighted by Gasteiger charge is 2.20. The van der Waals surface area contributed by atoms with E-state index in [4.69, 9.17) is 9.15 Å². The largest absolute Gasteiger partial charge is 0.506 e. The van der Waals surface area contributed by atoms with E-state index in [0.29, 0.717) is 20.6 Å². The molecule has 118 valence electrons. The third-order valence-electron chi connectivity index (χ3n) is 3.38. The van der Waals surface area contributed by atoms with Crippen molar-refractivity contribution in [2.75, 3.05) is 7.11 Å². The molecule has 23 heavy (non-hydrogen) atoms. The first-order valence-electron chi connectivity index (χ1n) is 6.45. The number of aromatic hydroxyl groups is 2. The normalized spacial score (nSPS) is 10.9. The lowest BCUT2D eigenvalue weighted by atomic mass is 10.1. The lowest BCUT2D eigenvalue weighted by molar-refractivity contribution is 0.415. The van der Waals surface area contributed by atoms with Crippen molar-refractivity contribution >= 4 is 56.2 Å². The van der Waals surface area contributed by atoms with Crippen molar-refractivity contribution in [2.45, 2.75) is 0 Å². The van der Waals surface area contributed by atoms with Crippen molar-refractivity contribution in [3.8, 4) is 28.6 Å². The summed E-state index contributed by atoms with van der Waals surface area (Å²) in [7, 11) is 1.57. The van der Waals surface area contributed by atoms with Crippen molar-refractivity contribution in [1.82, 2.24) is 0 Å². The Labute approximate surface area is 158 Å². The highest BCUT2D eigenvalue weighted by molar-refractivity contribution is 14.1. The Bertz CT molecular complexity index is 961. The standard InChI is InChI=1S/C16H10I2O5/c1-22-8-4-2-7(3-5-8)10-6-9(19)11-14(20)12(17)15(21)13(18)16(11)23-10/h2-6,20-21H,1H3. The molecule has 0 unspecified atom stereocenters. The second-order valence-corrected chi connectivity index (χ2v) is 6.89. The SMILES string of the molecule is COc1ccc(-c2cc(=O)c3c(O)c(I)c(O)c(I)c3o2)cc1. The molecule has 3 aromatic rings. The zero-order valence-corrected chi connectivity index (χ0v) is 16.1. The number of rotatable bonds is 2. The maximum Gasteiger partial charge on any atom is 0.197 e. The molecule has 0 aliphatic heterocycles. The number of halogens is 2. The molecule has 0 aliphatic rings. The van der Waals surface area contributed by atoms with Gasteiger partial charge in [-0.2, -0.15) is 0 Å². The van der Waals surface area contributed by atoms with Crippen LogP contribution in [0.15, 0.2) is 39.5 Å². The first-order chi connectivity index (χ1) is 10.9. The van der Waals surface area contributed by atoms with Gasteiger partial charge in [-0.25, -0.2) is 0 Å². The van der Waals surface area contributed by atoms with Gasteiger partial charge < -0.3 is 19.4 Å². The first-order valence-corrected chi connectivity index (χ1v) is 8.61. The molecule has 0 spiro atoms. The third kappa shape index (κ3) is 2.75. The zero-order valence-electron chi connectivity index (χ0n) is 11.8. The summed E-state index contributed by atoms with van der Waals surface area (Å²) in [6, 6.07) is 8.37. The molecule has 0 fully saturated rings. The van der Waals surface area contributed by atoms with Crippen LogP contribution in [-0.2, 0) is 0 Å². The van der Waals surface area contributed by atoms with Crippen LogP contribution in [0.25, 0.3) is 22.3 Å². The van der Waals surface area contributed by atoms with Crippen molar-refractivity contribution in [3.63, 3.8) is 0 Å². The Hall–Kier alpha value is -1.49. The summed E-state index contributed by atoms with van der Waals surface area (Å²) in [5, 5.41) is 20.2. The van der Waals surface area contributed by atoms with Crippen LogP contribution in [0.1, 0.15) is 0 Å². The zero-order chi connectivity index (χ0) is 16.7. The predicted octanol–water partition coefficient (Wildman–Crippen LogP) is 4.09. The molecule has 2 N–H and O–H groups in total. The monoisotopic (exact) mass is 536 g/mol.